The van der Waals surface area contributed by atoms with Crippen LogP contribution in [-0.2, 0) is 17.0 Å². The van der Waals surface area contributed by atoms with Crippen LogP contribution in [0.1, 0.15) is 25.7 Å². The Bertz CT molecular complexity index is 163. The quantitative estimate of drug-likeness (QED) is 0.383. The molecule has 10 heavy (non-hydrogen) atoms. The molecule has 2 heteroatoms. The molecule has 0 heterocycles. The summed E-state index contributed by atoms with van der Waals surface area (Å²) in [7, 11) is 5.82. The molecule has 0 bridgehead atoms. The van der Waals surface area contributed by atoms with Crippen LogP contribution in [0.25, 0.3) is 0 Å². The summed E-state index contributed by atoms with van der Waals surface area (Å²) in [5.41, 5.74) is 1.29. The zero-order valence-corrected chi connectivity index (χ0v) is 7.53. The maximum atomic E-state index is 5.82. The van der Waals surface area contributed by atoms with Gasteiger partial charge in [-0.1, -0.05) is 0 Å². The van der Waals surface area contributed by atoms with E-state index in [1.165, 1.54) is 16.2 Å². The minimum atomic E-state index is 0.373. The van der Waals surface area contributed by atoms with E-state index in [1.54, 1.807) is 0 Å². The van der Waals surface area contributed by atoms with Crippen molar-refractivity contribution in [1.82, 2.24) is 0 Å². The van der Waals surface area contributed by atoms with E-state index >= 15 is 0 Å². The summed E-state index contributed by atoms with van der Waals surface area (Å²) in [6.07, 6.45) is 4.53. The normalized spacial score (nSPS) is 28.1. The molecule has 1 unspecified atom stereocenters. The number of allylic oxidation sites excluding steroid dienone is 1. The molecule has 0 N–H and O–H groups in total. The van der Waals surface area contributed by atoms with Crippen molar-refractivity contribution in [2.75, 3.05) is 0 Å². The van der Waals surface area contributed by atoms with E-state index in [0.29, 0.717) is 5.82 Å². The molecule has 1 saturated carbocycles. The van der Waals surface area contributed by atoms with Gasteiger partial charge < -0.3 is 0 Å². The van der Waals surface area contributed by atoms with Crippen LogP contribution >= 0.6 is 0 Å². The first-order valence-electron chi connectivity index (χ1n) is 3.68. The van der Waals surface area contributed by atoms with Crippen LogP contribution in [0.3, 0.4) is 0 Å². The fraction of sp³-hybridized carbons (Fsp3) is 0.625. The van der Waals surface area contributed by atoms with Crippen molar-refractivity contribution in [3.05, 3.63) is 12.2 Å². The SMILES string of the molecule is [B]C1CCCC(=C)[C](=[V])C1. The Hall–Kier alpha value is 0.259. The monoisotopic (exact) mass is 169 g/mol. The van der Waals surface area contributed by atoms with Crippen molar-refractivity contribution in [1.29, 1.82) is 0 Å². The molecule has 0 amide bonds. The van der Waals surface area contributed by atoms with E-state index in [0.717, 1.165) is 19.3 Å². The Kier molecular flexibility index (Phi) is 3.00. The fourth-order valence-electron chi connectivity index (χ4n) is 1.22. The molecular weight excluding hydrogens is 158 g/mol. The van der Waals surface area contributed by atoms with Crippen LogP contribution in [0, 0.1) is 0 Å². The second-order valence-electron chi connectivity index (χ2n) is 2.91. The summed E-state index contributed by atoms with van der Waals surface area (Å²) in [4.78, 5) is 0. The molecule has 1 fully saturated rings. The molecular formula is C8H11BV. The Balaban J connectivity index is 2.57. The molecule has 0 nitrogen and oxygen atoms in total. The van der Waals surface area contributed by atoms with Gasteiger partial charge in [0.15, 0.2) is 0 Å². The standard InChI is InChI=1S/C8H11B.V/c1-7-3-2-4-8(9)6-5-7;/h8H,1-4,6H2;. The summed E-state index contributed by atoms with van der Waals surface area (Å²) >= 11 is 2.59. The van der Waals surface area contributed by atoms with Crippen LogP contribution in [-0.4, -0.2) is 12.1 Å². The molecule has 0 spiro atoms. The Morgan fingerprint density at radius 2 is 2.30 bits per heavy atom. The molecule has 1 aliphatic rings. The van der Waals surface area contributed by atoms with Crippen LogP contribution in [0.4, 0.5) is 0 Å². The molecule has 1 rings (SSSR count). The van der Waals surface area contributed by atoms with Crippen molar-refractivity contribution in [2.45, 2.75) is 31.5 Å². The fourth-order valence-corrected chi connectivity index (χ4v) is 1.76. The predicted octanol–water partition coefficient (Wildman–Crippen LogP) is 1.79. The minimum absolute atomic E-state index is 0.373. The zero-order chi connectivity index (χ0) is 7.56. The van der Waals surface area contributed by atoms with Gasteiger partial charge in [-0.05, 0) is 0 Å². The van der Waals surface area contributed by atoms with E-state index < -0.39 is 0 Å². The first kappa shape index (κ1) is 8.36. The zero-order valence-electron chi connectivity index (χ0n) is 6.14. The Labute approximate surface area is 73.0 Å². The van der Waals surface area contributed by atoms with Gasteiger partial charge in [-0.2, -0.15) is 0 Å². The molecule has 0 aromatic rings. The van der Waals surface area contributed by atoms with Gasteiger partial charge in [-0.25, -0.2) is 0 Å². The third-order valence-corrected chi connectivity index (χ3v) is 2.70. The third kappa shape index (κ3) is 2.14. The average molecular weight is 169 g/mol. The molecule has 0 aliphatic heterocycles. The number of hydrogen-bond donors (Lipinski definition) is 0. The summed E-state index contributed by atoms with van der Waals surface area (Å²) < 4.78 is 1.34. The summed E-state index contributed by atoms with van der Waals surface area (Å²) in [5.74, 6) is 0.373. The van der Waals surface area contributed by atoms with Gasteiger partial charge >= 0.3 is 72.7 Å². The first-order chi connectivity index (χ1) is 4.70. The van der Waals surface area contributed by atoms with Crippen LogP contribution in [0.15, 0.2) is 12.2 Å². The van der Waals surface area contributed by atoms with Gasteiger partial charge in [0.2, 0.25) is 0 Å². The maximum absolute atomic E-state index is 5.82. The Morgan fingerprint density at radius 3 is 3.00 bits per heavy atom. The van der Waals surface area contributed by atoms with E-state index in [4.69, 9.17) is 7.85 Å². The second kappa shape index (κ2) is 3.59. The number of rotatable bonds is 0. The van der Waals surface area contributed by atoms with E-state index in [-0.39, 0.29) is 0 Å². The topological polar surface area (TPSA) is 0 Å². The molecule has 0 aromatic carbocycles. The molecule has 1 atom stereocenters. The van der Waals surface area contributed by atoms with Gasteiger partial charge in [0, 0.05) is 0 Å². The van der Waals surface area contributed by atoms with Gasteiger partial charge in [-0.15, -0.1) is 0 Å². The van der Waals surface area contributed by atoms with E-state index in [9.17, 15) is 0 Å². The summed E-state index contributed by atoms with van der Waals surface area (Å²) in [6.45, 7) is 3.98. The predicted molar refractivity (Wildman–Crippen MR) is 42.1 cm³/mol. The van der Waals surface area contributed by atoms with Gasteiger partial charge in [0.05, 0.1) is 0 Å². The average Bonchev–Trinajstić information content (AvgIpc) is 1.96. The molecule has 2 radical (unpaired) electrons. The molecule has 0 saturated heterocycles. The van der Waals surface area contributed by atoms with Crippen molar-refractivity contribution >= 4 is 12.1 Å². The number of hydrogen-bond acceptors (Lipinski definition) is 0. The van der Waals surface area contributed by atoms with Gasteiger partial charge in [-0.3, -0.25) is 0 Å². The van der Waals surface area contributed by atoms with Gasteiger partial charge in [0.1, 0.15) is 0 Å². The van der Waals surface area contributed by atoms with Crippen molar-refractivity contribution in [3.8, 4) is 0 Å². The van der Waals surface area contributed by atoms with Crippen LogP contribution < -0.4 is 0 Å². The van der Waals surface area contributed by atoms with E-state index in [2.05, 4.69) is 23.6 Å². The van der Waals surface area contributed by atoms with Crippen molar-refractivity contribution < 1.29 is 17.0 Å². The molecule has 1 aliphatic carbocycles. The van der Waals surface area contributed by atoms with Crippen molar-refractivity contribution in [3.63, 3.8) is 0 Å². The Morgan fingerprint density at radius 1 is 1.60 bits per heavy atom. The van der Waals surface area contributed by atoms with Crippen molar-refractivity contribution in [2.24, 2.45) is 0 Å². The second-order valence-corrected chi connectivity index (χ2v) is 3.75. The van der Waals surface area contributed by atoms with E-state index in [1.807, 2.05) is 0 Å². The molecule has 51 valence electrons. The van der Waals surface area contributed by atoms with Crippen LogP contribution in [0.5, 0.6) is 0 Å². The first-order valence-corrected chi connectivity index (χ1v) is 4.38. The molecule has 0 aromatic heterocycles. The summed E-state index contributed by atoms with van der Waals surface area (Å²) in [5, 5.41) is 0. The van der Waals surface area contributed by atoms with Crippen LogP contribution in [0.2, 0.25) is 5.82 Å². The summed E-state index contributed by atoms with van der Waals surface area (Å²) in [6, 6.07) is 0. The third-order valence-electron chi connectivity index (χ3n) is 1.92. The van der Waals surface area contributed by atoms with Gasteiger partial charge in [0.25, 0.3) is 0 Å².